The van der Waals surface area contributed by atoms with Crippen LogP contribution < -0.4 is 9.64 Å². The van der Waals surface area contributed by atoms with E-state index < -0.39 is 0 Å². The molecule has 0 saturated heterocycles. The molecule has 0 spiro atoms. The highest BCUT2D eigenvalue weighted by molar-refractivity contribution is 5.72. The van der Waals surface area contributed by atoms with Crippen molar-refractivity contribution in [2.45, 2.75) is 25.9 Å². The summed E-state index contributed by atoms with van der Waals surface area (Å²) in [6, 6.07) is 8.43. The van der Waals surface area contributed by atoms with E-state index in [4.69, 9.17) is 4.74 Å². The summed E-state index contributed by atoms with van der Waals surface area (Å²) in [5, 5.41) is 0. The normalized spacial score (nSPS) is 13.4. The van der Waals surface area contributed by atoms with Crippen molar-refractivity contribution in [2.24, 2.45) is 0 Å². The monoisotopic (exact) mass is 340 g/mol. The number of hydrogen-bond donors (Lipinski definition) is 0. The highest BCUT2D eigenvalue weighted by Gasteiger charge is 2.23. The minimum Gasteiger partial charge on any atom is -0.473 e. The van der Waals surface area contributed by atoms with Crippen LogP contribution in [0.1, 0.15) is 18.1 Å². The Morgan fingerprint density at radius 1 is 1.16 bits per heavy atom. The SMILES string of the molecule is CC(=O)N(C)CCN(C)c1cncc(OC2Cc3ccccc3C2)n1. The zero-order chi connectivity index (χ0) is 17.8. The van der Waals surface area contributed by atoms with Crippen molar-refractivity contribution in [2.75, 3.05) is 32.1 Å². The van der Waals surface area contributed by atoms with Gasteiger partial charge in [-0.15, -0.1) is 0 Å². The highest BCUT2D eigenvalue weighted by Crippen LogP contribution is 2.25. The number of nitrogens with zero attached hydrogens (tertiary/aromatic N) is 4. The molecule has 1 aliphatic rings. The van der Waals surface area contributed by atoms with Gasteiger partial charge >= 0.3 is 0 Å². The van der Waals surface area contributed by atoms with Gasteiger partial charge in [-0.1, -0.05) is 24.3 Å². The van der Waals surface area contributed by atoms with Gasteiger partial charge in [-0.25, -0.2) is 0 Å². The van der Waals surface area contributed by atoms with Gasteiger partial charge in [0.05, 0.1) is 12.4 Å². The summed E-state index contributed by atoms with van der Waals surface area (Å²) in [5.74, 6) is 1.34. The Kier molecular flexibility index (Phi) is 5.16. The second-order valence-electron chi connectivity index (χ2n) is 6.49. The number of carbonyl (C=O) groups excluding carboxylic acids is 1. The van der Waals surface area contributed by atoms with Crippen LogP contribution in [0.25, 0.3) is 0 Å². The first-order chi connectivity index (χ1) is 12.0. The molecule has 0 saturated carbocycles. The fourth-order valence-corrected chi connectivity index (χ4v) is 2.92. The number of aromatic nitrogens is 2. The van der Waals surface area contributed by atoms with Crippen LogP contribution in [0, 0.1) is 0 Å². The molecule has 0 bridgehead atoms. The summed E-state index contributed by atoms with van der Waals surface area (Å²) in [4.78, 5) is 23.8. The number of fused-ring (bicyclic) bond motifs is 1. The van der Waals surface area contributed by atoms with Gasteiger partial charge in [-0.3, -0.25) is 9.78 Å². The number of rotatable bonds is 6. The van der Waals surface area contributed by atoms with E-state index in [1.54, 1.807) is 31.3 Å². The van der Waals surface area contributed by atoms with Crippen molar-refractivity contribution in [1.29, 1.82) is 0 Å². The van der Waals surface area contributed by atoms with E-state index in [-0.39, 0.29) is 12.0 Å². The molecule has 0 aliphatic heterocycles. The van der Waals surface area contributed by atoms with Crippen molar-refractivity contribution >= 4 is 11.7 Å². The number of carbonyl (C=O) groups is 1. The molecule has 0 unspecified atom stereocenters. The molecule has 2 aromatic rings. The molecule has 0 fully saturated rings. The maximum absolute atomic E-state index is 11.3. The molecule has 1 aliphatic carbocycles. The lowest BCUT2D eigenvalue weighted by Crippen LogP contribution is -2.33. The first-order valence-corrected chi connectivity index (χ1v) is 8.51. The van der Waals surface area contributed by atoms with Gasteiger partial charge in [0.25, 0.3) is 0 Å². The van der Waals surface area contributed by atoms with Crippen molar-refractivity contribution in [3.05, 3.63) is 47.8 Å². The van der Waals surface area contributed by atoms with E-state index in [2.05, 4.69) is 34.2 Å². The van der Waals surface area contributed by atoms with Crippen LogP contribution in [0.15, 0.2) is 36.7 Å². The molecular formula is C19H24N4O2. The quantitative estimate of drug-likeness (QED) is 0.804. The standard InChI is InChI=1S/C19H24N4O2/c1-14(24)22(2)8-9-23(3)18-12-20-13-19(21-18)25-17-10-15-6-4-5-7-16(15)11-17/h4-7,12-13,17H,8-11H2,1-3H3. The van der Waals surface area contributed by atoms with Crippen molar-refractivity contribution in [1.82, 2.24) is 14.9 Å². The molecule has 0 atom stereocenters. The molecule has 132 valence electrons. The topological polar surface area (TPSA) is 58.6 Å². The lowest BCUT2D eigenvalue weighted by molar-refractivity contribution is -0.127. The Morgan fingerprint density at radius 3 is 2.48 bits per heavy atom. The maximum Gasteiger partial charge on any atom is 0.234 e. The Morgan fingerprint density at radius 2 is 1.84 bits per heavy atom. The molecule has 1 heterocycles. The molecular weight excluding hydrogens is 316 g/mol. The highest BCUT2D eigenvalue weighted by atomic mass is 16.5. The number of likely N-dealkylation sites (N-methyl/N-ethyl adjacent to an activating group) is 2. The molecule has 6 heteroatoms. The van der Waals surface area contributed by atoms with Crippen molar-refractivity contribution in [3.8, 4) is 5.88 Å². The second kappa shape index (κ2) is 7.51. The van der Waals surface area contributed by atoms with Crippen LogP contribution in [-0.4, -0.2) is 54.1 Å². The number of anilines is 1. The van der Waals surface area contributed by atoms with Gasteiger partial charge in [0, 0.05) is 47.0 Å². The van der Waals surface area contributed by atoms with E-state index >= 15 is 0 Å². The van der Waals surface area contributed by atoms with Crippen LogP contribution in [0.5, 0.6) is 5.88 Å². The lowest BCUT2D eigenvalue weighted by Gasteiger charge is -2.22. The summed E-state index contributed by atoms with van der Waals surface area (Å²) >= 11 is 0. The number of hydrogen-bond acceptors (Lipinski definition) is 5. The zero-order valence-electron chi connectivity index (χ0n) is 15.0. The molecule has 6 nitrogen and oxygen atoms in total. The lowest BCUT2D eigenvalue weighted by atomic mass is 10.1. The predicted molar refractivity (Wildman–Crippen MR) is 96.9 cm³/mol. The molecule has 3 rings (SSSR count). The third kappa shape index (κ3) is 4.26. The van der Waals surface area contributed by atoms with Crippen LogP contribution in [0.2, 0.25) is 0 Å². The molecule has 0 radical (unpaired) electrons. The van der Waals surface area contributed by atoms with Gasteiger partial charge < -0.3 is 14.5 Å². The largest absolute Gasteiger partial charge is 0.473 e. The van der Waals surface area contributed by atoms with Gasteiger partial charge in [0.1, 0.15) is 6.10 Å². The minimum atomic E-state index is 0.0531. The average molecular weight is 340 g/mol. The Labute approximate surface area is 148 Å². The van der Waals surface area contributed by atoms with E-state index in [0.717, 1.165) is 18.7 Å². The summed E-state index contributed by atoms with van der Waals surface area (Å²) in [6.07, 6.45) is 5.28. The van der Waals surface area contributed by atoms with Crippen LogP contribution >= 0.6 is 0 Å². The molecule has 1 aromatic heterocycles. The smallest absolute Gasteiger partial charge is 0.234 e. The summed E-state index contributed by atoms with van der Waals surface area (Å²) in [6.45, 7) is 2.88. The number of amides is 1. The maximum atomic E-state index is 11.3. The van der Waals surface area contributed by atoms with Gasteiger partial charge in [0.2, 0.25) is 11.8 Å². The predicted octanol–water partition coefficient (Wildman–Crippen LogP) is 1.94. The molecule has 1 aromatic carbocycles. The van der Waals surface area contributed by atoms with Crippen LogP contribution in [-0.2, 0) is 17.6 Å². The van der Waals surface area contributed by atoms with E-state index in [1.165, 1.54) is 11.1 Å². The van der Waals surface area contributed by atoms with Crippen molar-refractivity contribution in [3.63, 3.8) is 0 Å². The summed E-state index contributed by atoms with van der Waals surface area (Å²) in [7, 11) is 3.73. The number of ether oxygens (including phenoxy) is 1. The first kappa shape index (κ1) is 17.2. The van der Waals surface area contributed by atoms with E-state index in [0.29, 0.717) is 19.0 Å². The molecule has 0 N–H and O–H groups in total. The molecule has 25 heavy (non-hydrogen) atoms. The van der Waals surface area contributed by atoms with Gasteiger partial charge in [-0.2, -0.15) is 4.98 Å². The Bertz CT molecular complexity index is 725. The van der Waals surface area contributed by atoms with Crippen molar-refractivity contribution < 1.29 is 9.53 Å². The Hall–Kier alpha value is -2.63. The third-order valence-corrected chi connectivity index (χ3v) is 4.60. The fourth-order valence-electron chi connectivity index (χ4n) is 2.92. The summed E-state index contributed by atoms with van der Waals surface area (Å²) < 4.78 is 6.05. The van der Waals surface area contributed by atoms with Gasteiger partial charge in [-0.05, 0) is 11.1 Å². The average Bonchev–Trinajstić information content (AvgIpc) is 3.01. The second-order valence-corrected chi connectivity index (χ2v) is 6.49. The molecule has 1 amide bonds. The Balaban J connectivity index is 1.59. The third-order valence-electron chi connectivity index (χ3n) is 4.60. The van der Waals surface area contributed by atoms with Crippen LogP contribution in [0.3, 0.4) is 0 Å². The fraction of sp³-hybridized carbons (Fsp3) is 0.421. The van der Waals surface area contributed by atoms with E-state index in [1.807, 2.05) is 11.9 Å². The number of benzene rings is 1. The minimum absolute atomic E-state index is 0.0531. The zero-order valence-corrected chi connectivity index (χ0v) is 15.0. The van der Waals surface area contributed by atoms with E-state index in [9.17, 15) is 4.79 Å². The summed E-state index contributed by atoms with van der Waals surface area (Å²) in [5.41, 5.74) is 2.70. The first-order valence-electron chi connectivity index (χ1n) is 8.51. The van der Waals surface area contributed by atoms with Crippen LogP contribution in [0.4, 0.5) is 5.82 Å². The van der Waals surface area contributed by atoms with Gasteiger partial charge in [0.15, 0.2) is 5.82 Å².